The van der Waals surface area contributed by atoms with Gasteiger partial charge in [-0.25, -0.2) is 4.79 Å². The van der Waals surface area contributed by atoms with E-state index in [-0.39, 0.29) is 29.2 Å². The maximum Gasteiger partial charge on any atom is 0.410 e. The maximum absolute atomic E-state index is 13.1. The van der Waals surface area contributed by atoms with E-state index in [9.17, 15) is 19.2 Å². The van der Waals surface area contributed by atoms with Crippen molar-refractivity contribution < 1.29 is 23.9 Å². The number of carbonyl (C=O) groups is 4. The van der Waals surface area contributed by atoms with Crippen LogP contribution in [0.3, 0.4) is 0 Å². The van der Waals surface area contributed by atoms with Crippen LogP contribution in [0.15, 0.2) is 60.7 Å². The molecule has 180 valence electrons. The van der Waals surface area contributed by atoms with E-state index in [4.69, 9.17) is 4.74 Å². The summed E-state index contributed by atoms with van der Waals surface area (Å²) in [5.74, 6) is -0.572. The number of aryl methyl sites for hydroxylation is 1. The fraction of sp³-hybridized carbons (Fsp3) is 0.385. The van der Waals surface area contributed by atoms with Gasteiger partial charge in [0.25, 0.3) is 0 Å². The van der Waals surface area contributed by atoms with Crippen molar-refractivity contribution in [3.05, 3.63) is 71.8 Å². The Labute approximate surface area is 204 Å². The molecule has 0 unspecified atom stereocenters. The molecule has 2 amide bonds. The van der Waals surface area contributed by atoms with Gasteiger partial charge in [0.15, 0.2) is 10.9 Å². The van der Waals surface area contributed by atoms with E-state index in [0.717, 1.165) is 22.9 Å². The summed E-state index contributed by atoms with van der Waals surface area (Å²) in [5.41, 5.74) is 1.92. The molecule has 2 atom stereocenters. The van der Waals surface area contributed by atoms with E-state index >= 15 is 0 Å². The van der Waals surface area contributed by atoms with Crippen LogP contribution in [0, 0.1) is 0 Å². The lowest BCUT2D eigenvalue weighted by atomic mass is 10.0. The predicted molar refractivity (Wildman–Crippen MR) is 131 cm³/mol. The van der Waals surface area contributed by atoms with Gasteiger partial charge in [-0.05, 0) is 36.8 Å². The Morgan fingerprint density at radius 1 is 1.03 bits per heavy atom. The van der Waals surface area contributed by atoms with Crippen LogP contribution < -0.4 is 5.32 Å². The number of thioether (sulfide) groups is 1. The second-order valence-corrected chi connectivity index (χ2v) is 9.38. The van der Waals surface area contributed by atoms with Gasteiger partial charge in [-0.3, -0.25) is 19.3 Å². The molecule has 2 aromatic carbocycles. The Hall–Kier alpha value is -3.13. The minimum atomic E-state index is -0.734. The molecule has 0 radical (unpaired) electrons. The van der Waals surface area contributed by atoms with Gasteiger partial charge in [0, 0.05) is 13.5 Å². The first kappa shape index (κ1) is 25.5. The van der Waals surface area contributed by atoms with E-state index in [1.807, 2.05) is 60.7 Å². The van der Waals surface area contributed by atoms with Crippen molar-refractivity contribution in [3.63, 3.8) is 0 Å². The molecule has 3 rings (SSSR count). The third-order valence-electron chi connectivity index (χ3n) is 5.68. The molecule has 0 bridgehead atoms. The van der Waals surface area contributed by atoms with Crippen LogP contribution in [0.5, 0.6) is 0 Å². The highest BCUT2D eigenvalue weighted by Crippen LogP contribution is 2.20. The number of ketones is 1. The molecule has 0 saturated carbocycles. The standard InChI is InChI=1S/C26H30N2O5S/c1-19(29)34-18-24(30)22(15-14-20-9-4-2-5-10-20)27-25(31)23-13-8-16-28(23)26(32)33-17-21-11-6-3-7-12-21/h2-7,9-12,22-23H,8,13-18H2,1H3,(H,27,31)/t22-,23-/m0/s1. The number of hydrogen-bond donors (Lipinski definition) is 1. The highest BCUT2D eigenvalue weighted by Gasteiger charge is 2.36. The number of Topliss-reactive ketones (excluding diaryl/α,β-unsaturated/α-hetero) is 1. The highest BCUT2D eigenvalue weighted by molar-refractivity contribution is 8.14. The van der Waals surface area contributed by atoms with Crippen LogP contribution in [0.2, 0.25) is 0 Å². The average molecular weight is 483 g/mol. The van der Waals surface area contributed by atoms with E-state index in [1.54, 1.807) is 0 Å². The molecule has 0 aromatic heterocycles. The minimum absolute atomic E-state index is 0.00255. The van der Waals surface area contributed by atoms with Crippen LogP contribution >= 0.6 is 11.8 Å². The summed E-state index contributed by atoms with van der Waals surface area (Å²) in [4.78, 5) is 51.3. The van der Waals surface area contributed by atoms with E-state index in [1.165, 1.54) is 11.8 Å². The van der Waals surface area contributed by atoms with Crippen LogP contribution in [0.25, 0.3) is 0 Å². The highest BCUT2D eigenvalue weighted by atomic mass is 32.2. The van der Waals surface area contributed by atoms with Crippen LogP contribution in [-0.4, -0.2) is 52.2 Å². The predicted octanol–water partition coefficient (Wildman–Crippen LogP) is 3.75. The monoisotopic (exact) mass is 482 g/mol. The van der Waals surface area contributed by atoms with Gasteiger partial charge >= 0.3 is 6.09 Å². The van der Waals surface area contributed by atoms with Gasteiger partial charge in [-0.15, -0.1) is 0 Å². The number of nitrogens with one attached hydrogen (secondary N) is 1. The second kappa shape index (κ2) is 12.9. The summed E-state index contributed by atoms with van der Waals surface area (Å²) in [7, 11) is 0. The molecule has 1 heterocycles. The Balaban J connectivity index is 1.61. The number of rotatable bonds is 10. The van der Waals surface area contributed by atoms with Crippen molar-refractivity contribution in [2.75, 3.05) is 12.3 Å². The summed E-state index contributed by atoms with van der Waals surface area (Å²) < 4.78 is 5.41. The first-order valence-corrected chi connectivity index (χ1v) is 12.4. The number of likely N-dealkylation sites (tertiary alicyclic amines) is 1. The third kappa shape index (κ3) is 7.73. The zero-order valence-corrected chi connectivity index (χ0v) is 20.1. The van der Waals surface area contributed by atoms with Crippen molar-refractivity contribution in [3.8, 4) is 0 Å². The lowest BCUT2D eigenvalue weighted by molar-refractivity contribution is -0.129. The molecule has 1 saturated heterocycles. The molecular weight excluding hydrogens is 452 g/mol. The molecule has 1 aliphatic heterocycles. The summed E-state index contributed by atoms with van der Waals surface area (Å²) in [5, 5.41) is 2.70. The molecule has 1 aliphatic rings. The van der Waals surface area contributed by atoms with Crippen molar-refractivity contribution in [1.29, 1.82) is 0 Å². The molecule has 0 aliphatic carbocycles. The molecule has 8 heteroatoms. The van der Waals surface area contributed by atoms with Gasteiger partial charge < -0.3 is 10.1 Å². The Bertz CT molecular complexity index is 983. The van der Waals surface area contributed by atoms with Gasteiger partial charge in [-0.2, -0.15) is 0 Å². The van der Waals surface area contributed by atoms with E-state index < -0.39 is 18.2 Å². The first-order valence-electron chi connectivity index (χ1n) is 11.4. The third-order valence-corrected chi connectivity index (χ3v) is 6.52. The quantitative estimate of drug-likeness (QED) is 0.554. The number of ether oxygens (including phenoxy) is 1. The summed E-state index contributed by atoms with van der Waals surface area (Å²) >= 11 is 0.934. The number of carbonyl (C=O) groups excluding carboxylic acids is 4. The minimum Gasteiger partial charge on any atom is -0.445 e. The molecule has 0 spiro atoms. The van der Waals surface area contributed by atoms with Crippen molar-refractivity contribution in [1.82, 2.24) is 10.2 Å². The molecule has 7 nitrogen and oxygen atoms in total. The number of benzene rings is 2. The summed E-state index contributed by atoms with van der Waals surface area (Å²) in [6.45, 7) is 1.96. The van der Waals surface area contributed by atoms with Crippen molar-refractivity contribution in [2.45, 2.75) is 51.3 Å². The molecule has 1 N–H and O–H groups in total. The number of hydrogen-bond acceptors (Lipinski definition) is 6. The average Bonchev–Trinajstić information content (AvgIpc) is 3.35. The van der Waals surface area contributed by atoms with Crippen LogP contribution in [0.4, 0.5) is 4.79 Å². The van der Waals surface area contributed by atoms with E-state index in [2.05, 4.69) is 5.32 Å². The summed E-state index contributed by atoms with van der Waals surface area (Å²) in [6.07, 6.45) is 1.67. The fourth-order valence-corrected chi connectivity index (χ4v) is 4.42. The first-order chi connectivity index (χ1) is 16.4. The van der Waals surface area contributed by atoms with Crippen LogP contribution in [-0.2, 0) is 32.1 Å². The number of nitrogens with zero attached hydrogens (tertiary/aromatic N) is 1. The maximum atomic E-state index is 13.1. The van der Waals surface area contributed by atoms with Crippen molar-refractivity contribution in [2.24, 2.45) is 0 Å². The number of amides is 2. The zero-order valence-electron chi connectivity index (χ0n) is 19.3. The zero-order chi connectivity index (χ0) is 24.3. The van der Waals surface area contributed by atoms with Gasteiger partial charge in [0.05, 0.1) is 11.8 Å². The molecule has 2 aromatic rings. The van der Waals surface area contributed by atoms with Crippen LogP contribution in [0.1, 0.15) is 37.3 Å². The smallest absolute Gasteiger partial charge is 0.410 e. The largest absolute Gasteiger partial charge is 0.445 e. The second-order valence-electron chi connectivity index (χ2n) is 8.22. The molecule has 1 fully saturated rings. The SMILES string of the molecule is CC(=O)SCC(=O)[C@H](CCc1ccccc1)NC(=O)[C@@H]1CCCN1C(=O)OCc1ccccc1. The normalized spacial score (nSPS) is 16.0. The van der Waals surface area contributed by atoms with Crippen molar-refractivity contribution >= 4 is 34.7 Å². The lowest BCUT2D eigenvalue weighted by Gasteiger charge is -2.26. The topological polar surface area (TPSA) is 92.8 Å². The van der Waals surface area contributed by atoms with Gasteiger partial charge in [0.2, 0.25) is 5.91 Å². The van der Waals surface area contributed by atoms with E-state index in [0.29, 0.717) is 32.2 Å². The Morgan fingerprint density at radius 2 is 1.68 bits per heavy atom. The Kier molecular flexibility index (Phi) is 9.70. The fourth-order valence-electron chi connectivity index (χ4n) is 3.87. The van der Waals surface area contributed by atoms with Gasteiger partial charge in [0.1, 0.15) is 12.6 Å². The summed E-state index contributed by atoms with van der Waals surface area (Å²) in [6, 6.07) is 17.6. The lowest BCUT2D eigenvalue weighted by Crippen LogP contribution is -2.51. The molecular formula is C26H30N2O5S. The Morgan fingerprint density at radius 3 is 2.32 bits per heavy atom. The van der Waals surface area contributed by atoms with Gasteiger partial charge in [-0.1, -0.05) is 72.4 Å². The molecule has 34 heavy (non-hydrogen) atoms.